The van der Waals surface area contributed by atoms with Gasteiger partial charge in [0.1, 0.15) is 0 Å². The smallest absolute Gasteiger partial charge is 0.240 e. The fraction of sp³-hybridized carbons (Fsp3) is 0.385. The van der Waals surface area contributed by atoms with Crippen molar-refractivity contribution in [1.82, 2.24) is 10.1 Å². The number of anilines is 1. The molecule has 2 N–H and O–H groups in total. The highest BCUT2D eigenvalue weighted by Gasteiger charge is 2.13. The third kappa shape index (κ3) is 2.59. The molecule has 1 aromatic carbocycles. The van der Waals surface area contributed by atoms with Crippen LogP contribution in [0.3, 0.4) is 0 Å². The number of rotatable bonds is 3. The van der Waals surface area contributed by atoms with E-state index in [0.29, 0.717) is 11.7 Å². The molecule has 0 saturated carbocycles. The van der Waals surface area contributed by atoms with Gasteiger partial charge in [-0.1, -0.05) is 17.3 Å². The highest BCUT2D eigenvalue weighted by molar-refractivity contribution is 5.63. The van der Waals surface area contributed by atoms with Crippen LogP contribution in [0, 0.1) is 0 Å². The quantitative estimate of drug-likeness (QED) is 0.888. The number of benzene rings is 1. The van der Waals surface area contributed by atoms with Gasteiger partial charge in [-0.25, -0.2) is 0 Å². The number of nitrogens with two attached hydrogens (primary N) is 1. The minimum atomic E-state index is 0.260. The summed E-state index contributed by atoms with van der Waals surface area (Å²) in [7, 11) is 0. The van der Waals surface area contributed by atoms with Gasteiger partial charge in [0.15, 0.2) is 0 Å². The van der Waals surface area contributed by atoms with Gasteiger partial charge >= 0.3 is 0 Å². The minimum Gasteiger partial charge on any atom is -0.378 e. The summed E-state index contributed by atoms with van der Waals surface area (Å²) in [5.41, 5.74) is 7.56. The number of hydrogen-bond acceptors (Lipinski definition) is 6. The van der Waals surface area contributed by atoms with E-state index in [1.165, 1.54) is 0 Å². The predicted molar refractivity (Wildman–Crippen MR) is 70.7 cm³/mol. The zero-order chi connectivity index (χ0) is 13.1. The molecule has 2 aromatic rings. The highest BCUT2D eigenvalue weighted by Crippen LogP contribution is 2.23. The number of morpholine rings is 1. The molecule has 0 atom stereocenters. The van der Waals surface area contributed by atoms with Gasteiger partial charge in [-0.15, -0.1) is 0 Å². The molecule has 1 saturated heterocycles. The van der Waals surface area contributed by atoms with E-state index in [2.05, 4.69) is 27.2 Å². The Morgan fingerprint density at radius 3 is 2.84 bits per heavy atom. The van der Waals surface area contributed by atoms with E-state index in [4.69, 9.17) is 15.0 Å². The van der Waals surface area contributed by atoms with E-state index < -0.39 is 0 Å². The summed E-state index contributed by atoms with van der Waals surface area (Å²) in [6.45, 7) is 3.61. The van der Waals surface area contributed by atoms with Gasteiger partial charge in [-0.3, -0.25) is 0 Å². The minimum absolute atomic E-state index is 0.260. The lowest BCUT2D eigenvalue weighted by Crippen LogP contribution is -2.36. The van der Waals surface area contributed by atoms with E-state index in [1.54, 1.807) is 0 Å². The number of hydrogen-bond donors (Lipinski definition) is 1. The van der Waals surface area contributed by atoms with Crippen LogP contribution in [0.1, 0.15) is 5.89 Å². The predicted octanol–water partition coefficient (Wildman–Crippen LogP) is 1.03. The van der Waals surface area contributed by atoms with Gasteiger partial charge in [0.2, 0.25) is 11.7 Å². The first-order valence-corrected chi connectivity index (χ1v) is 6.32. The fourth-order valence-corrected chi connectivity index (χ4v) is 2.12. The molecule has 1 fully saturated rings. The Morgan fingerprint density at radius 1 is 1.26 bits per heavy atom. The first kappa shape index (κ1) is 12.1. The van der Waals surface area contributed by atoms with Gasteiger partial charge in [0.05, 0.1) is 19.8 Å². The Hall–Kier alpha value is -1.92. The van der Waals surface area contributed by atoms with Gasteiger partial charge in [0, 0.05) is 24.3 Å². The van der Waals surface area contributed by atoms with Crippen molar-refractivity contribution in [2.75, 3.05) is 31.2 Å². The summed E-state index contributed by atoms with van der Waals surface area (Å²) < 4.78 is 10.4. The van der Waals surface area contributed by atoms with Crippen LogP contribution in [-0.2, 0) is 11.3 Å². The van der Waals surface area contributed by atoms with Gasteiger partial charge in [-0.2, -0.15) is 4.98 Å². The van der Waals surface area contributed by atoms with E-state index in [0.717, 1.165) is 37.6 Å². The zero-order valence-electron chi connectivity index (χ0n) is 10.6. The van der Waals surface area contributed by atoms with E-state index >= 15 is 0 Å². The summed E-state index contributed by atoms with van der Waals surface area (Å²) in [6, 6.07) is 8.11. The third-order valence-electron chi connectivity index (χ3n) is 3.12. The van der Waals surface area contributed by atoms with Crippen LogP contribution in [0.2, 0.25) is 0 Å². The van der Waals surface area contributed by atoms with Gasteiger partial charge < -0.3 is 19.9 Å². The second-order valence-electron chi connectivity index (χ2n) is 4.37. The van der Waals surface area contributed by atoms with Crippen LogP contribution in [0.5, 0.6) is 0 Å². The molecule has 1 aromatic heterocycles. The summed E-state index contributed by atoms with van der Waals surface area (Å²) in [6.07, 6.45) is 0. The number of aromatic nitrogens is 2. The SMILES string of the molecule is NCc1nc(-c2cccc(N3CCOCC3)c2)no1. The second kappa shape index (κ2) is 5.38. The van der Waals surface area contributed by atoms with Crippen molar-refractivity contribution in [2.45, 2.75) is 6.54 Å². The van der Waals surface area contributed by atoms with E-state index in [9.17, 15) is 0 Å². The van der Waals surface area contributed by atoms with Crippen LogP contribution in [0.15, 0.2) is 28.8 Å². The molecule has 0 aliphatic carbocycles. The molecule has 0 spiro atoms. The van der Waals surface area contributed by atoms with Crippen molar-refractivity contribution in [3.05, 3.63) is 30.2 Å². The Balaban J connectivity index is 1.86. The molecule has 0 bridgehead atoms. The van der Waals surface area contributed by atoms with Crippen LogP contribution in [-0.4, -0.2) is 36.4 Å². The zero-order valence-corrected chi connectivity index (χ0v) is 10.6. The van der Waals surface area contributed by atoms with Crippen molar-refractivity contribution in [3.63, 3.8) is 0 Å². The summed E-state index contributed by atoms with van der Waals surface area (Å²) in [5, 5.41) is 3.93. The number of nitrogens with zero attached hydrogens (tertiary/aromatic N) is 3. The van der Waals surface area contributed by atoms with Crippen molar-refractivity contribution < 1.29 is 9.26 Å². The molecule has 6 nitrogen and oxygen atoms in total. The third-order valence-corrected chi connectivity index (χ3v) is 3.12. The van der Waals surface area contributed by atoms with Gasteiger partial charge in [-0.05, 0) is 12.1 Å². The molecule has 2 heterocycles. The maximum atomic E-state index is 5.47. The Morgan fingerprint density at radius 2 is 2.11 bits per heavy atom. The van der Waals surface area contributed by atoms with Crippen molar-refractivity contribution in [2.24, 2.45) is 5.73 Å². The molecule has 3 rings (SSSR count). The van der Waals surface area contributed by atoms with Gasteiger partial charge in [0.25, 0.3) is 0 Å². The average Bonchev–Trinajstić information content (AvgIpc) is 2.97. The van der Waals surface area contributed by atoms with Crippen LogP contribution >= 0.6 is 0 Å². The highest BCUT2D eigenvalue weighted by atomic mass is 16.5. The fourth-order valence-electron chi connectivity index (χ4n) is 2.12. The maximum Gasteiger partial charge on any atom is 0.240 e. The maximum absolute atomic E-state index is 5.47. The Bertz CT molecular complexity index is 549. The molecule has 1 aliphatic heterocycles. The molecule has 1 aliphatic rings. The first-order chi connectivity index (χ1) is 9.36. The lowest BCUT2D eigenvalue weighted by molar-refractivity contribution is 0.122. The molecule has 0 unspecified atom stereocenters. The van der Waals surface area contributed by atoms with Crippen molar-refractivity contribution in [1.29, 1.82) is 0 Å². The lowest BCUT2D eigenvalue weighted by atomic mass is 10.1. The van der Waals surface area contributed by atoms with Crippen LogP contribution in [0.25, 0.3) is 11.4 Å². The molecule has 100 valence electrons. The molecule has 0 radical (unpaired) electrons. The normalized spacial score (nSPS) is 15.7. The molecule has 6 heteroatoms. The molecular formula is C13H16N4O2. The Kier molecular flexibility index (Phi) is 3.43. The standard InChI is InChI=1S/C13H16N4O2/c14-9-12-15-13(16-19-12)10-2-1-3-11(8-10)17-4-6-18-7-5-17/h1-3,8H,4-7,9,14H2. The van der Waals surface area contributed by atoms with Crippen LogP contribution in [0.4, 0.5) is 5.69 Å². The molecule has 19 heavy (non-hydrogen) atoms. The van der Waals surface area contributed by atoms with Crippen molar-refractivity contribution >= 4 is 5.69 Å². The summed E-state index contributed by atoms with van der Waals surface area (Å²) >= 11 is 0. The average molecular weight is 260 g/mol. The van der Waals surface area contributed by atoms with E-state index in [1.807, 2.05) is 12.1 Å². The first-order valence-electron chi connectivity index (χ1n) is 6.32. The number of ether oxygens (including phenoxy) is 1. The summed E-state index contributed by atoms with van der Waals surface area (Å²) in [5.74, 6) is 1.03. The van der Waals surface area contributed by atoms with E-state index in [-0.39, 0.29) is 6.54 Å². The lowest BCUT2D eigenvalue weighted by Gasteiger charge is -2.29. The Labute approximate surface area is 111 Å². The largest absolute Gasteiger partial charge is 0.378 e. The topological polar surface area (TPSA) is 77.4 Å². The van der Waals surface area contributed by atoms with Crippen LogP contribution < -0.4 is 10.6 Å². The summed E-state index contributed by atoms with van der Waals surface area (Å²) in [4.78, 5) is 6.53. The van der Waals surface area contributed by atoms with Crippen molar-refractivity contribution in [3.8, 4) is 11.4 Å². The second-order valence-corrected chi connectivity index (χ2v) is 4.37. The molecular weight excluding hydrogens is 244 g/mol. The monoisotopic (exact) mass is 260 g/mol. The molecule has 0 amide bonds.